The highest BCUT2D eigenvalue weighted by Gasteiger charge is 2.39. The second-order valence-electron chi connectivity index (χ2n) is 12.2. The van der Waals surface area contributed by atoms with Gasteiger partial charge in [-0.1, -0.05) is 36.4 Å². The lowest BCUT2D eigenvalue weighted by molar-refractivity contribution is -0.119. The van der Waals surface area contributed by atoms with E-state index in [-0.39, 0.29) is 40.9 Å². The predicted molar refractivity (Wildman–Crippen MR) is 177 cm³/mol. The first-order valence-electron chi connectivity index (χ1n) is 16.2. The topological polar surface area (TPSA) is 126 Å². The summed E-state index contributed by atoms with van der Waals surface area (Å²) in [6, 6.07) is 16.4. The fourth-order valence-corrected chi connectivity index (χ4v) is 8.69. The largest absolute Gasteiger partial charge is 0.453 e. The molecule has 0 spiro atoms. The molecule has 48 heavy (non-hydrogen) atoms. The molecule has 3 aromatic rings. The van der Waals surface area contributed by atoms with Gasteiger partial charge in [-0.3, -0.25) is 4.79 Å². The maximum Gasteiger partial charge on any atom is 0.407 e. The van der Waals surface area contributed by atoms with Crippen molar-refractivity contribution in [1.82, 2.24) is 14.9 Å². The Bertz CT molecular complexity index is 1660. The van der Waals surface area contributed by atoms with E-state index >= 15 is 4.39 Å². The van der Waals surface area contributed by atoms with Crippen molar-refractivity contribution in [2.24, 2.45) is 5.92 Å². The zero-order chi connectivity index (χ0) is 34.3. The van der Waals surface area contributed by atoms with Gasteiger partial charge in [-0.2, -0.15) is 4.31 Å². The minimum atomic E-state index is -3.83. The van der Waals surface area contributed by atoms with Crippen LogP contribution in [0.25, 0.3) is 0 Å². The lowest BCUT2D eigenvalue weighted by atomic mass is 9.76. The zero-order valence-electron chi connectivity index (χ0n) is 27.0. The summed E-state index contributed by atoms with van der Waals surface area (Å²) < 4.78 is 68.8. The maximum atomic E-state index is 15.5. The van der Waals surface area contributed by atoms with E-state index < -0.39 is 51.7 Å². The molecule has 13 heteroatoms. The number of hydrogen-bond acceptors (Lipinski definition) is 7. The molecule has 0 saturated carbocycles. The van der Waals surface area contributed by atoms with E-state index in [9.17, 15) is 22.4 Å². The van der Waals surface area contributed by atoms with Crippen LogP contribution in [-0.4, -0.2) is 76.3 Å². The van der Waals surface area contributed by atoms with Crippen LogP contribution in [0, 0.1) is 17.6 Å². The highest BCUT2D eigenvalue weighted by molar-refractivity contribution is 7.89. The van der Waals surface area contributed by atoms with Crippen molar-refractivity contribution in [3.05, 3.63) is 95.6 Å². The van der Waals surface area contributed by atoms with Crippen molar-refractivity contribution in [2.45, 2.75) is 61.5 Å². The van der Waals surface area contributed by atoms with Crippen LogP contribution in [0.15, 0.2) is 77.7 Å². The normalized spacial score (nSPS) is 20.4. The van der Waals surface area contributed by atoms with Crippen molar-refractivity contribution in [2.75, 3.05) is 38.7 Å². The smallest absolute Gasteiger partial charge is 0.407 e. The number of rotatable bonds is 11. The molecule has 3 N–H and O–H groups in total. The van der Waals surface area contributed by atoms with Crippen LogP contribution in [0.4, 0.5) is 19.3 Å². The molecule has 2 saturated heterocycles. The third kappa shape index (κ3) is 8.20. The summed E-state index contributed by atoms with van der Waals surface area (Å²) in [4.78, 5) is 26.9. The van der Waals surface area contributed by atoms with Crippen LogP contribution in [0.3, 0.4) is 0 Å². The molecular formula is C35H42F2N4O6S. The number of anilines is 1. The highest BCUT2D eigenvalue weighted by atomic mass is 32.2. The Labute approximate surface area is 280 Å². The van der Waals surface area contributed by atoms with Gasteiger partial charge in [0.25, 0.3) is 0 Å². The van der Waals surface area contributed by atoms with Gasteiger partial charge < -0.3 is 25.4 Å². The molecule has 5 rings (SSSR count). The molecular weight excluding hydrogens is 642 g/mol. The van der Waals surface area contributed by atoms with Gasteiger partial charge in [-0.05, 0) is 80.5 Å². The third-order valence-electron chi connectivity index (χ3n) is 9.17. The Morgan fingerprint density at radius 3 is 2.40 bits per heavy atom. The maximum absolute atomic E-state index is 15.5. The quantitative estimate of drug-likeness (QED) is 0.265. The first-order valence-corrected chi connectivity index (χ1v) is 17.6. The molecule has 0 bridgehead atoms. The fourth-order valence-electron chi connectivity index (χ4n) is 6.83. The van der Waals surface area contributed by atoms with Crippen molar-refractivity contribution in [1.29, 1.82) is 0 Å². The summed E-state index contributed by atoms with van der Waals surface area (Å²) in [6.45, 7) is 3.62. The number of sulfonamides is 1. The highest BCUT2D eigenvalue weighted by Crippen LogP contribution is 2.36. The number of nitrogens with zero attached hydrogens (tertiary/aromatic N) is 1. The van der Waals surface area contributed by atoms with Crippen LogP contribution in [-0.2, 0) is 30.7 Å². The van der Waals surface area contributed by atoms with Gasteiger partial charge in [-0.15, -0.1) is 0 Å². The number of piperazine rings is 1. The van der Waals surface area contributed by atoms with Crippen molar-refractivity contribution in [3.63, 3.8) is 0 Å². The van der Waals surface area contributed by atoms with Gasteiger partial charge in [-0.25, -0.2) is 22.0 Å². The van der Waals surface area contributed by atoms with Gasteiger partial charge in [0, 0.05) is 55.6 Å². The van der Waals surface area contributed by atoms with Crippen LogP contribution < -0.4 is 16.0 Å². The van der Waals surface area contributed by atoms with Crippen molar-refractivity contribution < 1.29 is 36.3 Å². The molecule has 2 amide bonds. The van der Waals surface area contributed by atoms with E-state index in [0.29, 0.717) is 44.7 Å². The molecule has 10 nitrogen and oxygen atoms in total. The van der Waals surface area contributed by atoms with E-state index in [4.69, 9.17) is 9.47 Å². The summed E-state index contributed by atoms with van der Waals surface area (Å²) in [5.41, 5.74) is 1.07. The molecule has 1 unspecified atom stereocenters. The number of methoxy groups -OCH3 is 1. The second kappa shape index (κ2) is 16.0. The number of amides is 2. The van der Waals surface area contributed by atoms with Gasteiger partial charge in [0.15, 0.2) is 0 Å². The number of carbonyl (C=O) groups is 2. The average Bonchev–Trinajstić information content (AvgIpc) is 3.09. The molecule has 3 aromatic carbocycles. The molecule has 4 atom stereocenters. The van der Waals surface area contributed by atoms with E-state index in [1.165, 1.54) is 35.7 Å². The average molecular weight is 685 g/mol. The Balaban J connectivity index is 1.42. The zero-order valence-corrected chi connectivity index (χ0v) is 27.8. The molecule has 2 aliphatic rings. The monoisotopic (exact) mass is 684 g/mol. The van der Waals surface area contributed by atoms with E-state index in [1.54, 1.807) is 48.5 Å². The summed E-state index contributed by atoms with van der Waals surface area (Å²) >= 11 is 0. The van der Waals surface area contributed by atoms with Gasteiger partial charge in [0.2, 0.25) is 15.9 Å². The number of ether oxygens (including phenoxy) is 2. The third-order valence-corrected chi connectivity index (χ3v) is 11.2. The van der Waals surface area contributed by atoms with E-state index in [1.807, 2.05) is 6.92 Å². The second-order valence-corrected chi connectivity index (χ2v) is 14.1. The Kier molecular flexibility index (Phi) is 11.8. The lowest BCUT2D eigenvalue weighted by Crippen LogP contribution is -2.58. The van der Waals surface area contributed by atoms with E-state index in [0.717, 1.165) is 0 Å². The first kappa shape index (κ1) is 35.4. The van der Waals surface area contributed by atoms with Gasteiger partial charge in [0.05, 0.1) is 12.0 Å². The number of carbonyl (C=O) groups excluding carboxylic acids is 2. The summed E-state index contributed by atoms with van der Waals surface area (Å²) in [5, 5.41) is 8.80. The van der Waals surface area contributed by atoms with Crippen LogP contribution in [0.1, 0.15) is 43.2 Å². The molecule has 0 aliphatic carbocycles. The SMILES string of the molecule is COC(=O)NC(C(=O)Nc1cccc(F)c1CC[C@H]1CNC[C@H](C)N1S(=O)(=O)c1ccccc1)[C@@H](c1ccc(F)cc1)C1CCOCC1. The Morgan fingerprint density at radius 2 is 1.71 bits per heavy atom. The minimum Gasteiger partial charge on any atom is -0.453 e. The molecule has 258 valence electrons. The Morgan fingerprint density at radius 1 is 1.00 bits per heavy atom. The van der Waals surface area contributed by atoms with Gasteiger partial charge in [0.1, 0.15) is 17.7 Å². The van der Waals surface area contributed by atoms with Crippen LogP contribution in [0.2, 0.25) is 0 Å². The van der Waals surface area contributed by atoms with Crippen LogP contribution >= 0.6 is 0 Å². The van der Waals surface area contributed by atoms with E-state index in [2.05, 4.69) is 16.0 Å². The molecule has 2 heterocycles. The molecule has 0 aromatic heterocycles. The fraction of sp³-hybridized carbons (Fsp3) is 0.429. The lowest BCUT2D eigenvalue weighted by Gasteiger charge is -2.40. The first-order chi connectivity index (χ1) is 23.1. The minimum absolute atomic E-state index is 0.0950. The number of alkyl carbamates (subject to hydrolysis) is 1. The van der Waals surface area contributed by atoms with Crippen molar-refractivity contribution >= 4 is 27.7 Å². The standard InChI is InChI=1S/C35H42F2N4O6S/c1-23-21-38-22-27(41(23)48(44,45)28-7-4-3-5-8-28)15-16-29-30(37)9-6-10-31(29)39-34(42)33(40-35(43)46-2)32(25-17-19-47-20-18-25)24-11-13-26(36)14-12-24/h3-14,23,25,27,32-33,38H,15-22H2,1-2H3,(H,39,42)(H,40,43)/t23-,27-,32-,33?/m0/s1. The predicted octanol–water partition coefficient (Wildman–Crippen LogP) is 4.82. The number of nitrogens with one attached hydrogen (secondary N) is 3. The number of halogens is 2. The number of hydrogen-bond donors (Lipinski definition) is 3. The Hall–Kier alpha value is -3.91. The molecule has 2 aliphatic heterocycles. The molecule has 0 radical (unpaired) electrons. The molecule has 2 fully saturated rings. The summed E-state index contributed by atoms with van der Waals surface area (Å²) in [5.74, 6) is -2.26. The van der Waals surface area contributed by atoms with Crippen molar-refractivity contribution in [3.8, 4) is 0 Å². The van der Waals surface area contributed by atoms with Crippen LogP contribution in [0.5, 0.6) is 0 Å². The summed E-state index contributed by atoms with van der Waals surface area (Å²) in [7, 11) is -2.64. The summed E-state index contributed by atoms with van der Waals surface area (Å²) in [6.07, 6.45) is 0.787. The number of benzene rings is 3. The van der Waals surface area contributed by atoms with Gasteiger partial charge >= 0.3 is 6.09 Å².